The highest BCUT2D eigenvalue weighted by Gasteiger charge is 2.22. The van der Waals surface area contributed by atoms with E-state index in [0.717, 1.165) is 11.1 Å². The highest BCUT2D eigenvalue weighted by atomic mass is 16.5. The molecule has 18 heavy (non-hydrogen) atoms. The van der Waals surface area contributed by atoms with Crippen molar-refractivity contribution < 1.29 is 24.5 Å². The second-order valence-electron chi connectivity index (χ2n) is 4.03. The second kappa shape index (κ2) is 4.95. The Labute approximate surface area is 103 Å². The Morgan fingerprint density at radius 2 is 2.11 bits per heavy atom. The molecule has 0 saturated carbocycles. The van der Waals surface area contributed by atoms with Crippen LogP contribution in [0.25, 0.3) is 0 Å². The van der Waals surface area contributed by atoms with Gasteiger partial charge in [0.1, 0.15) is 5.75 Å². The Hall–Kier alpha value is -2.24. The van der Waals surface area contributed by atoms with Crippen LogP contribution in [0.1, 0.15) is 11.1 Å². The van der Waals surface area contributed by atoms with E-state index in [1.54, 1.807) is 12.1 Å². The molecule has 0 radical (unpaired) electrons. The molecular weight excluding hydrogens is 238 g/mol. The van der Waals surface area contributed by atoms with Crippen LogP contribution in [0.15, 0.2) is 18.2 Å². The van der Waals surface area contributed by atoms with E-state index in [9.17, 15) is 9.59 Å². The van der Waals surface area contributed by atoms with Crippen LogP contribution in [0.5, 0.6) is 5.75 Å². The van der Waals surface area contributed by atoms with Gasteiger partial charge < -0.3 is 19.8 Å². The number of hydrogen-bond acceptors (Lipinski definition) is 3. The number of carbonyl (C=O) groups is 2. The van der Waals surface area contributed by atoms with Crippen molar-refractivity contribution in [2.45, 2.75) is 13.0 Å². The smallest absolute Gasteiger partial charge is 0.407 e. The summed E-state index contributed by atoms with van der Waals surface area (Å²) < 4.78 is 5.20. The number of amides is 1. The molecule has 2 rings (SSSR count). The van der Waals surface area contributed by atoms with Crippen LogP contribution in [0.4, 0.5) is 4.79 Å². The van der Waals surface area contributed by atoms with E-state index in [4.69, 9.17) is 14.9 Å². The zero-order valence-corrected chi connectivity index (χ0v) is 9.63. The van der Waals surface area contributed by atoms with Gasteiger partial charge in [0, 0.05) is 18.7 Å². The maximum absolute atomic E-state index is 10.9. The number of hydrogen-bond donors (Lipinski definition) is 2. The minimum absolute atomic E-state index is 0.314. The molecule has 1 amide bonds. The topological polar surface area (TPSA) is 87.1 Å². The zero-order valence-electron chi connectivity index (χ0n) is 9.63. The van der Waals surface area contributed by atoms with Crippen molar-refractivity contribution in [2.75, 3.05) is 13.2 Å². The first-order valence-corrected chi connectivity index (χ1v) is 5.51. The van der Waals surface area contributed by atoms with Crippen molar-refractivity contribution in [3.63, 3.8) is 0 Å². The molecule has 6 nitrogen and oxygen atoms in total. The molecule has 6 heteroatoms. The summed E-state index contributed by atoms with van der Waals surface area (Å²) in [6.45, 7) is 0.323. The van der Waals surface area contributed by atoms with Crippen LogP contribution in [0.3, 0.4) is 0 Å². The zero-order chi connectivity index (χ0) is 13.1. The maximum atomic E-state index is 10.9. The molecule has 1 aromatic rings. The quantitative estimate of drug-likeness (QED) is 0.842. The van der Waals surface area contributed by atoms with Crippen molar-refractivity contribution in [2.24, 2.45) is 0 Å². The first-order chi connectivity index (χ1) is 8.58. The standard InChI is InChI=1S/C12H13NO5/c14-11(15)7-18-10-3-1-2-8-6-13(12(16)17)5-4-9(8)10/h1-3H,4-7H2,(H,14,15)(H,16,17). The summed E-state index contributed by atoms with van der Waals surface area (Å²) in [4.78, 5) is 22.7. The van der Waals surface area contributed by atoms with E-state index in [-0.39, 0.29) is 6.61 Å². The lowest BCUT2D eigenvalue weighted by Gasteiger charge is -2.27. The van der Waals surface area contributed by atoms with Gasteiger partial charge in [-0.3, -0.25) is 0 Å². The van der Waals surface area contributed by atoms with Crippen molar-refractivity contribution in [3.05, 3.63) is 29.3 Å². The first-order valence-electron chi connectivity index (χ1n) is 5.51. The third-order valence-corrected chi connectivity index (χ3v) is 2.84. The lowest BCUT2D eigenvalue weighted by Crippen LogP contribution is -2.35. The lowest BCUT2D eigenvalue weighted by molar-refractivity contribution is -0.139. The van der Waals surface area contributed by atoms with E-state index in [1.165, 1.54) is 4.90 Å². The first kappa shape index (κ1) is 12.2. The fourth-order valence-corrected chi connectivity index (χ4v) is 2.01. The third-order valence-electron chi connectivity index (χ3n) is 2.84. The average molecular weight is 251 g/mol. The number of carboxylic acids is 1. The number of carboxylic acid groups (broad SMARTS) is 2. The molecule has 0 saturated heterocycles. The summed E-state index contributed by atoms with van der Waals surface area (Å²) >= 11 is 0. The van der Waals surface area contributed by atoms with Crippen LogP contribution in [-0.4, -0.2) is 40.3 Å². The monoisotopic (exact) mass is 251 g/mol. The fraction of sp³-hybridized carbons (Fsp3) is 0.333. The molecule has 0 atom stereocenters. The molecular formula is C12H13NO5. The van der Waals surface area contributed by atoms with Gasteiger partial charge in [-0.05, 0) is 18.1 Å². The van der Waals surface area contributed by atoms with Crippen LogP contribution >= 0.6 is 0 Å². The van der Waals surface area contributed by atoms with E-state index in [2.05, 4.69) is 0 Å². The van der Waals surface area contributed by atoms with Gasteiger partial charge in [0.2, 0.25) is 0 Å². The van der Waals surface area contributed by atoms with Crippen molar-refractivity contribution >= 4 is 12.1 Å². The molecule has 0 fully saturated rings. The van der Waals surface area contributed by atoms with Gasteiger partial charge >= 0.3 is 12.1 Å². The molecule has 1 heterocycles. The predicted molar refractivity (Wildman–Crippen MR) is 61.7 cm³/mol. The Kier molecular flexibility index (Phi) is 3.36. The van der Waals surface area contributed by atoms with Crippen molar-refractivity contribution in [1.29, 1.82) is 0 Å². The van der Waals surface area contributed by atoms with E-state index >= 15 is 0 Å². The number of aliphatic carboxylic acids is 1. The van der Waals surface area contributed by atoms with Crippen LogP contribution in [0, 0.1) is 0 Å². The SMILES string of the molecule is O=C(O)COc1cccc2c1CCN(C(=O)O)C2. The molecule has 0 aliphatic carbocycles. The Morgan fingerprint density at radius 3 is 2.78 bits per heavy atom. The van der Waals surface area contributed by atoms with Gasteiger partial charge in [-0.2, -0.15) is 0 Å². The second-order valence-corrected chi connectivity index (χ2v) is 4.03. The number of ether oxygens (including phenoxy) is 1. The Morgan fingerprint density at radius 1 is 1.33 bits per heavy atom. The number of nitrogens with zero attached hydrogens (tertiary/aromatic N) is 1. The molecule has 0 spiro atoms. The average Bonchev–Trinajstić information content (AvgIpc) is 2.35. The van der Waals surface area contributed by atoms with Gasteiger partial charge in [0.25, 0.3) is 0 Å². The molecule has 2 N–H and O–H groups in total. The lowest BCUT2D eigenvalue weighted by atomic mass is 9.99. The summed E-state index contributed by atoms with van der Waals surface area (Å²) in [6, 6.07) is 5.28. The summed E-state index contributed by atoms with van der Waals surface area (Å²) in [5.41, 5.74) is 1.77. The summed E-state index contributed by atoms with van der Waals surface area (Å²) in [6.07, 6.45) is -0.408. The molecule has 0 unspecified atom stereocenters. The van der Waals surface area contributed by atoms with Crippen molar-refractivity contribution in [3.8, 4) is 5.75 Å². The van der Waals surface area contributed by atoms with Crippen LogP contribution < -0.4 is 4.74 Å². The Bertz CT molecular complexity index is 471. The molecule has 96 valence electrons. The van der Waals surface area contributed by atoms with Crippen LogP contribution in [0.2, 0.25) is 0 Å². The van der Waals surface area contributed by atoms with Gasteiger partial charge in [0.05, 0.1) is 0 Å². The van der Waals surface area contributed by atoms with E-state index in [0.29, 0.717) is 25.3 Å². The number of benzene rings is 1. The van der Waals surface area contributed by atoms with Gasteiger partial charge in [-0.1, -0.05) is 12.1 Å². The number of rotatable bonds is 3. The highest BCUT2D eigenvalue weighted by molar-refractivity contribution is 5.68. The number of fused-ring (bicyclic) bond motifs is 1. The fourth-order valence-electron chi connectivity index (χ4n) is 2.01. The predicted octanol–water partition coefficient (Wildman–Crippen LogP) is 1.19. The van der Waals surface area contributed by atoms with Gasteiger partial charge in [-0.25, -0.2) is 9.59 Å². The summed E-state index contributed by atoms with van der Waals surface area (Å²) in [5, 5.41) is 17.5. The van der Waals surface area contributed by atoms with Crippen LogP contribution in [-0.2, 0) is 17.8 Å². The van der Waals surface area contributed by atoms with Crippen molar-refractivity contribution in [1.82, 2.24) is 4.90 Å². The third kappa shape index (κ3) is 2.53. The minimum Gasteiger partial charge on any atom is -0.482 e. The summed E-state index contributed by atoms with van der Waals surface area (Å²) in [7, 11) is 0. The maximum Gasteiger partial charge on any atom is 0.407 e. The molecule has 0 aromatic heterocycles. The minimum atomic E-state index is -1.03. The van der Waals surface area contributed by atoms with E-state index < -0.39 is 12.1 Å². The normalized spacial score (nSPS) is 13.9. The Balaban J connectivity index is 2.19. The molecule has 0 bridgehead atoms. The largest absolute Gasteiger partial charge is 0.482 e. The molecule has 1 aromatic carbocycles. The summed E-state index contributed by atoms with van der Waals surface area (Å²) in [5.74, 6) is -0.504. The molecule has 1 aliphatic heterocycles. The van der Waals surface area contributed by atoms with Gasteiger partial charge in [0.15, 0.2) is 6.61 Å². The van der Waals surface area contributed by atoms with E-state index in [1.807, 2.05) is 6.07 Å². The molecule has 1 aliphatic rings. The van der Waals surface area contributed by atoms with Gasteiger partial charge in [-0.15, -0.1) is 0 Å². The highest BCUT2D eigenvalue weighted by Crippen LogP contribution is 2.27.